The van der Waals surface area contributed by atoms with E-state index in [0.717, 1.165) is 0 Å². The Balaban J connectivity index is 2.59. The van der Waals surface area contributed by atoms with E-state index in [1.165, 1.54) is 13.8 Å². The summed E-state index contributed by atoms with van der Waals surface area (Å²) in [4.78, 5) is 27.3. The number of halogens is 3. The van der Waals surface area contributed by atoms with Gasteiger partial charge in [0.2, 0.25) is 12.0 Å². The molecule has 0 aliphatic rings. The SMILES string of the molecule is CC(=O)Nc1ccc(/C(C)=N/OC(C)C(=O)NCC(F)(F)F)cc1. The number of oxime groups is 1. The molecule has 1 aromatic rings. The van der Waals surface area contributed by atoms with Crippen molar-refractivity contribution in [2.75, 3.05) is 11.9 Å². The molecule has 0 aromatic heterocycles. The van der Waals surface area contributed by atoms with E-state index in [-0.39, 0.29) is 5.91 Å². The maximum atomic E-state index is 12.0. The number of nitrogens with zero attached hydrogens (tertiary/aromatic N) is 1. The van der Waals surface area contributed by atoms with E-state index < -0.39 is 24.7 Å². The smallest absolute Gasteiger partial charge is 0.382 e. The van der Waals surface area contributed by atoms with Crippen LogP contribution in [0, 0.1) is 0 Å². The summed E-state index contributed by atoms with van der Waals surface area (Å²) in [6, 6.07) is 6.69. The minimum absolute atomic E-state index is 0.199. The third kappa shape index (κ3) is 7.12. The van der Waals surface area contributed by atoms with Gasteiger partial charge < -0.3 is 15.5 Å². The molecular formula is C15H18F3N3O3. The summed E-state index contributed by atoms with van der Waals surface area (Å²) in [5.74, 6) is -1.11. The number of nitrogens with one attached hydrogen (secondary N) is 2. The molecule has 0 aliphatic carbocycles. The Bertz CT molecular complexity index is 613. The Labute approximate surface area is 137 Å². The molecule has 0 saturated heterocycles. The van der Waals surface area contributed by atoms with E-state index >= 15 is 0 Å². The summed E-state index contributed by atoms with van der Waals surface area (Å²) < 4.78 is 36.1. The van der Waals surface area contributed by atoms with Crippen LogP contribution in [0.25, 0.3) is 0 Å². The predicted octanol–water partition coefficient (Wildman–Crippen LogP) is 2.45. The largest absolute Gasteiger partial charge is 0.405 e. The number of benzene rings is 1. The van der Waals surface area contributed by atoms with Gasteiger partial charge >= 0.3 is 6.18 Å². The van der Waals surface area contributed by atoms with E-state index in [1.54, 1.807) is 36.5 Å². The number of hydrogen-bond acceptors (Lipinski definition) is 4. The zero-order chi connectivity index (χ0) is 18.3. The summed E-state index contributed by atoms with van der Waals surface area (Å²) in [5, 5.41) is 8.06. The van der Waals surface area contributed by atoms with Crippen LogP contribution in [-0.4, -0.2) is 36.4 Å². The Kier molecular flexibility index (Phi) is 6.75. The summed E-state index contributed by atoms with van der Waals surface area (Å²) >= 11 is 0. The standard InChI is InChI=1S/C15H18F3N3O3/c1-9(12-4-6-13(7-5-12)20-11(3)22)21-24-10(2)14(23)19-8-15(16,17)18/h4-7,10H,8H2,1-3H3,(H,19,23)(H,20,22)/b21-9+. The highest BCUT2D eigenvalue weighted by Gasteiger charge is 2.29. The molecule has 6 nitrogen and oxygen atoms in total. The number of alkyl halides is 3. The number of amides is 2. The normalized spacial score (nSPS) is 13.2. The van der Waals surface area contributed by atoms with Crippen LogP contribution in [0.5, 0.6) is 0 Å². The summed E-state index contributed by atoms with van der Waals surface area (Å²) in [5.41, 5.74) is 1.71. The van der Waals surface area contributed by atoms with E-state index in [2.05, 4.69) is 10.5 Å². The van der Waals surface area contributed by atoms with Gasteiger partial charge in [0.15, 0.2) is 0 Å². The van der Waals surface area contributed by atoms with E-state index in [9.17, 15) is 22.8 Å². The zero-order valence-electron chi connectivity index (χ0n) is 13.4. The molecule has 1 aromatic carbocycles. The molecular weight excluding hydrogens is 327 g/mol. The van der Waals surface area contributed by atoms with Crippen molar-refractivity contribution in [3.05, 3.63) is 29.8 Å². The van der Waals surface area contributed by atoms with Crippen molar-refractivity contribution in [1.29, 1.82) is 0 Å². The number of carbonyl (C=O) groups excluding carboxylic acids is 2. The molecule has 0 fully saturated rings. The van der Waals surface area contributed by atoms with E-state index in [0.29, 0.717) is 17.0 Å². The Morgan fingerprint density at radius 3 is 2.29 bits per heavy atom. The first kappa shape index (κ1) is 19.5. The van der Waals surface area contributed by atoms with Gasteiger partial charge in [-0.15, -0.1) is 0 Å². The van der Waals surface area contributed by atoms with Crippen molar-refractivity contribution in [3.8, 4) is 0 Å². The van der Waals surface area contributed by atoms with Gasteiger partial charge in [0.05, 0.1) is 5.71 Å². The molecule has 0 bridgehead atoms. The molecule has 1 unspecified atom stereocenters. The molecule has 9 heteroatoms. The van der Waals surface area contributed by atoms with Crippen molar-refractivity contribution in [2.45, 2.75) is 33.1 Å². The Morgan fingerprint density at radius 1 is 1.21 bits per heavy atom. The predicted molar refractivity (Wildman–Crippen MR) is 82.6 cm³/mol. The van der Waals surface area contributed by atoms with Gasteiger partial charge in [-0.1, -0.05) is 17.3 Å². The lowest BCUT2D eigenvalue weighted by Gasteiger charge is -2.12. The molecule has 0 radical (unpaired) electrons. The topological polar surface area (TPSA) is 79.8 Å². The van der Waals surface area contributed by atoms with Crippen molar-refractivity contribution in [3.63, 3.8) is 0 Å². The fourth-order valence-corrected chi connectivity index (χ4v) is 1.59. The molecule has 2 amide bonds. The zero-order valence-corrected chi connectivity index (χ0v) is 13.4. The summed E-state index contributed by atoms with van der Waals surface area (Å²) in [6.45, 7) is 2.88. The molecule has 132 valence electrons. The van der Waals surface area contributed by atoms with Crippen molar-refractivity contribution < 1.29 is 27.6 Å². The van der Waals surface area contributed by atoms with Gasteiger partial charge in [-0.3, -0.25) is 9.59 Å². The molecule has 2 N–H and O–H groups in total. The van der Waals surface area contributed by atoms with Crippen LogP contribution in [-0.2, 0) is 14.4 Å². The molecule has 0 spiro atoms. The minimum atomic E-state index is -4.48. The number of hydrogen-bond donors (Lipinski definition) is 2. The van der Waals surface area contributed by atoms with Crippen LogP contribution in [0.2, 0.25) is 0 Å². The lowest BCUT2D eigenvalue weighted by Crippen LogP contribution is -2.39. The number of anilines is 1. The molecule has 0 saturated carbocycles. The monoisotopic (exact) mass is 345 g/mol. The molecule has 24 heavy (non-hydrogen) atoms. The molecule has 1 rings (SSSR count). The fraction of sp³-hybridized carbons (Fsp3) is 0.400. The first-order valence-electron chi connectivity index (χ1n) is 7.01. The third-order valence-electron chi connectivity index (χ3n) is 2.80. The first-order chi connectivity index (χ1) is 11.1. The number of carbonyl (C=O) groups is 2. The third-order valence-corrected chi connectivity index (χ3v) is 2.80. The average molecular weight is 345 g/mol. The van der Waals surface area contributed by atoms with Crippen LogP contribution < -0.4 is 10.6 Å². The first-order valence-corrected chi connectivity index (χ1v) is 7.01. The quantitative estimate of drug-likeness (QED) is 0.614. The van der Waals surface area contributed by atoms with E-state index in [1.807, 2.05) is 0 Å². The lowest BCUT2D eigenvalue weighted by molar-refractivity contribution is -0.145. The van der Waals surface area contributed by atoms with Crippen LogP contribution in [0.3, 0.4) is 0 Å². The van der Waals surface area contributed by atoms with E-state index in [4.69, 9.17) is 4.84 Å². The highest BCUT2D eigenvalue weighted by molar-refractivity contribution is 5.99. The molecule has 1 atom stereocenters. The van der Waals surface area contributed by atoms with Crippen molar-refractivity contribution in [1.82, 2.24) is 5.32 Å². The van der Waals surface area contributed by atoms with Crippen LogP contribution in [0.15, 0.2) is 29.4 Å². The van der Waals surface area contributed by atoms with Gasteiger partial charge in [0, 0.05) is 12.6 Å². The summed E-state index contributed by atoms with van der Waals surface area (Å²) in [7, 11) is 0. The van der Waals surface area contributed by atoms with Crippen molar-refractivity contribution >= 4 is 23.2 Å². The second kappa shape index (κ2) is 8.32. The van der Waals surface area contributed by atoms with Gasteiger partial charge in [-0.2, -0.15) is 13.2 Å². The highest BCUT2D eigenvalue weighted by atomic mass is 19.4. The Morgan fingerprint density at radius 2 is 1.79 bits per heavy atom. The maximum Gasteiger partial charge on any atom is 0.405 e. The van der Waals surface area contributed by atoms with Crippen molar-refractivity contribution in [2.24, 2.45) is 5.16 Å². The van der Waals surface area contributed by atoms with Crippen LogP contribution in [0.4, 0.5) is 18.9 Å². The summed E-state index contributed by atoms with van der Waals surface area (Å²) in [6.07, 6.45) is -5.65. The fourth-order valence-electron chi connectivity index (χ4n) is 1.59. The molecule has 0 heterocycles. The molecule has 0 aliphatic heterocycles. The second-order valence-corrected chi connectivity index (χ2v) is 5.02. The van der Waals surface area contributed by atoms with Gasteiger partial charge in [-0.05, 0) is 31.5 Å². The second-order valence-electron chi connectivity index (χ2n) is 5.02. The van der Waals surface area contributed by atoms with Gasteiger partial charge in [0.25, 0.3) is 5.91 Å². The lowest BCUT2D eigenvalue weighted by atomic mass is 10.1. The van der Waals surface area contributed by atoms with Gasteiger partial charge in [-0.25, -0.2) is 0 Å². The maximum absolute atomic E-state index is 12.0. The van der Waals surface area contributed by atoms with Crippen LogP contribution in [0.1, 0.15) is 26.3 Å². The minimum Gasteiger partial charge on any atom is -0.382 e. The number of rotatable bonds is 6. The van der Waals surface area contributed by atoms with Gasteiger partial charge in [0.1, 0.15) is 6.54 Å². The average Bonchev–Trinajstić information content (AvgIpc) is 2.49. The highest BCUT2D eigenvalue weighted by Crippen LogP contribution is 2.13. The Hall–Kier alpha value is -2.58. The van der Waals surface area contributed by atoms with Crippen LogP contribution >= 0.6 is 0 Å².